The predicted octanol–water partition coefficient (Wildman–Crippen LogP) is 5.69. The van der Waals surface area contributed by atoms with Gasteiger partial charge in [0.1, 0.15) is 17.6 Å². The van der Waals surface area contributed by atoms with E-state index in [-0.39, 0.29) is 27.9 Å². The minimum atomic E-state index is -0.535. The number of carbonyl (C=O) groups excluding carboxylic acids is 1. The van der Waals surface area contributed by atoms with Gasteiger partial charge in [-0.05, 0) is 36.4 Å². The molecule has 4 aromatic rings. The molecule has 146 valence electrons. The number of rotatable bonds is 4. The van der Waals surface area contributed by atoms with Crippen molar-refractivity contribution in [3.63, 3.8) is 0 Å². The van der Waals surface area contributed by atoms with Crippen molar-refractivity contribution < 1.29 is 14.1 Å². The van der Waals surface area contributed by atoms with Crippen LogP contribution >= 0.6 is 11.6 Å². The van der Waals surface area contributed by atoms with Gasteiger partial charge in [-0.25, -0.2) is 0 Å². The maximum absolute atomic E-state index is 12.6. The number of furan rings is 1. The fraction of sp³-hybridized carbons (Fsp3) is 0. The van der Waals surface area contributed by atoms with E-state index in [4.69, 9.17) is 16.0 Å². The Balaban J connectivity index is 1.63. The van der Waals surface area contributed by atoms with Crippen molar-refractivity contribution in [2.24, 2.45) is 0 Å². The first-order valence-corrected chi connectivity index (χ1v) is 9.12. The van der Waals surface area contributed by atoms with Gasteiger partial charge >= 0.3 is 0 Å². The molecule has 0 fully saturated rings. The van der Waals surface area contributed by atoms with E-state index in [9.17, 15) is 20.2 Å². The second-order valence-electron chi connectivity index (χ2n) is 6.33. The average molecular weight is 418 g/mol. The summed E-state index contributed by atoms with van der Waals surface area (Å²) in [4.78, 5) is 23.4. The van der Waals surface area contributed by atoms with Crippen molar-refractivity contribution in [1.29, 1.82) is 5.26 Å². The number of benzene rings is 2. The van der Waals surface area contributed by atoms with Gasteiger partial charge in [0.05, 0.1) is 21.6 Å². The lowest BCUT2D eigenvalue weighted by Gasteiger charge is -2.00. The number of nitrogens with zero attached hydrogens (tertiary/aromatic N) is 3. The fourth-order valence-corrected chi connectivity index (χ4v) is 3.30. The standard InChI is InChI=1S/C22H12ClN3O4/c23-15-5-8-18(20(11-15)26(28)29)21-9-6-16(30-21)7-10-22(27)25-13-14(12-24)17-3-1-2-4-19(17)25/h1-11,13H/b10-7+. The molecule has 0 aliphatic rings. The summed E-state index contributed by atoms with van der Waals surface area (Å²) in [6.07, 6.45) is 4.27. The minimum absolute atomic E-state index is 0.175. The van der Waals surface area contributed by atoms with Gasteiger partial charge in [0, 0.05) is 28.7 Å². The zero-order valence-corrected chi connectivity index (χ0v) is 16.0. The molecule has 2 heterocycles. The minimum Gasteiger partial charge on any atom is -0.456 e. The molecule has 8 heteroatoms. The summed E-state index contributed by atoms with van der Waals surface area (Å²) in [6.45, 7) is 0. The van der Waals surface area contributed by atoms with Crippen LogP contribution in [-0.4, -0.2) is 15.4 Å². The summed E-state index contributed by atoms with van der Waals surface area (Å²) in [5.41, 5.74) is 1.14. The van der Waals surface area contributed by atoms with Gasteiger partial charge in [-0.1, -0.05) is 29.8 Å². The Labute approximate surface area is 175 Å². The third-order valence-corrected chi connectivity index (χ3v) is 4.74. The van der Waals surface area contributed by atoms with Gasteiger partial charge < -0.3 is 4.42 Å². The second kappa shape index (κ2) is 7.70. The molecule has 0 amide bonds. The molecule has 0 spiro atoms. The molecule has 0 saturated heterocycles. The van der Waals surface area contributed by atoms with Gasteiger partial charge in [-0.2, -0.15) is 5.26 Å². The molecule has 0 radical (unpaired) electrons. The van der Waals surface area contributed by atoms with E-state index < -0.39 is 4.92 Å². The van der Waals surface area contributed by atoms with E-state index in [1.165, 1.54) is 41.1 Å². The highest BCUT2D eigenvalue weighted by Crippen LogP contribution is 2.33. The number of hydrogen-bond acceptors (Lipinski definition) is 5. The van der Waals surface area contributed by atoms with Crippen LogP contribution in [0.5, 0.6) is 0 Å². The number of aromatic nitrogens is 1. The predicted molar refractivity (Wildman–Crippen MR) is 112 cm³/mol. The normalized spacial score (nSPS) is 11.1. The van der Waals surface area contributed by atoms with Crippen LogP contribution in [0.2, 0.25) is 5.02 Å². The molecule has 7 nitrogen and oxygen atoms in total. The highest BCUT2D eigenvalue weighted by Gasteiger charge is 2.18. The number of allylic oxidation sites excluding steroid dienone is 1. The molecule has 0 atom stereocenters. The Hall–Kier alpha value is -4.15. The summed E-state index contributed by atoms with van der Waals surface area (Å²) >= 11 is 5.84. The smallest absolute Gasteiger partial charge is 0.281 e. The van der Waals surface area contributed by atoms with E-state index in [0.717, 1.165) is 0 Å². The summed E-state index contributed by atoms with van der Waals surface area (Å²) in [5.74, 6) is 0.270. The number of fused-ring (bicyclic) bond motifs is 1. The lowest BCUT2D eigenvalue weighted by molar-refractivity contribution is -0.384. The van der Waals surface area contributed by atoms with E-state index in [1.807, 2.05) is 0 Å². The van der Waals surface area contributed by atoms with Gasteiger partial charge in [0.25, 0.3) is 11.6 Å². The zero-order valence-electron chi connectivity index (χ0n) is 15.3. The largest absolute Gasteiger partial charge is 0.456 e. The summed E-state index contributed by atoms with van der Waals surface area (Å²) in [6, 6.07) is 16.7. The first-order valence-electron chi connectivity index (χ1n) is 8.74. The Kier molecular flexibility index (Phi) is 4.92. The number of nitro groups is 1. The molecule has 0 bridgehead atoms. The fourth-order valence-electron chi connectivity index (χ4n) is 3.14. The first kappa shape index (κ1) is 19.2. The van der Waals surface area contributed by atoms with Gasteiger partial charge in [-0.15, -0.1) is 0 Å². The molecule has 30 heavy (non-hydrogen) atoms. The summed E-state index contributed by atoms with van der Waals surface area (Å²) < 4.78 is 7.04. The van der Waals surface area contributed by atoms with Crippen LogP contribution in [0.25, 0.3) is 28.3 Å². The van der Waals surface area contributed by atoms with Crippen LogP contribution in [0.15, 0.2) is 71.3 Å². The molecule has 2 aromatic heterocycles. The molecular weight excluding hydrogens is 406 g/mol. The summed E-state index contributed by atoms with van der Waals surface area (Å²) in [7, 11) is 0. The lowest BCUT2D eigenvalue weighted by atomic mass is 10.1. The number of hydrogen-bond donors (Lipinski definition) is 0. The van der Waals surface area contributed by atoms with Crippen LogP contribution in [0.1, 0.15) is 16.1 Å². The number of carbonyl (C=O) groups is 1. The number of nitro benzene ring substituents is 1. The second-order valence-corrected chi connectivity index (χ2v) is 6.77. The Morgan fingerprint density at radius 3 is 2.77 bits per heavy atom. The summed E-state index contributed by atoms with van der Waals surface area (Å²) in [5, 5.41) is 21.5. The number of halogens is 1. The third kappa shape index (κ3) is 3.48. The quantitative estimate of drug-likeness (QED) is 0.241. The molecule has 0 unspecified atom stereocenters. The molecule has 4 rings (SSSR count). The monoisotopic (exact) mass is 417 g/mol. The van der Waals surface area contributed by atoms with Gasteiger partial charge in [0.15, 0.2) is 0 Å². The number of nitriles is 1. The van der Waals surface area contributed by atoms with Crippen LogP contribution in [0, 0.1) is 21.4 Å². The van der Waals surface area contributed by atoms with Crippen molar-refractivity contribution >= 4 is 40.2 Å². The number of para-hydroxylation sites is 1. The molecule has 0 aliphatic heterocycles. The Bertz CT molecular complexity index is 1370. The molecular formula is C22H12ClN3O4. The molecule has 0 saturated carbocycles. The van der Waals surface area contributed by atoms with Crippen LogP contribution < -0.4 is 0 Å². The maximum atomic E-state index is 12.6. The Morgan fingerprint density at radius 2 is 2.00 bits per heavy atom. The lowest BCUT2D eigenvalue weighted by Crippen LogP contribution is -2.04. The van der Waals surface area contributed by atoms with E-state index >= 15 is 0 Å². The molecule has 0 N–H and O–H groups in total. The molecule has 2 aromatic carbocycles. The van der Waals surface area contributed by atoms with E-state index in [2.05, 4.69) is 6.07 Å². The van der Waals surface area contributed by atoms with E-state index in [1.54, 1.807) is 36.4 Å². The van der Waals surface area contributed by atoms with Crippen molar-refractivity contribution in [2.45, 2.75) is 0 Å². The maximum Gasteiger partial charge on any atom is 0.281 e. The van der Waals surface area contributed by atoms with Crippen molar-refractivity contribution in [3.05, 3.63) is 93.3 Å². The van der Waals surface area contributed by atoms with Crippen LogP contribution in [0.3, 0.4) is 0 Å². The van der Waals surface area contributed by atoms with Gasteiger partial charge in [0.2, 0.25) is 0 Å². The highest BCUT2D eigenvalue weighted by atomic mass is 35.5. The van der Waals surface area contributed by atoms with Gasteiger partial charge in [-0.3, -0.25) is 19.5 Å². The SMILES string of the molecule is N#Cc1cn(C(=O)/C=C/c2ccc(-c3ccc(Cl)cc3[N+](=O)[O-])o2)c2ccccc12. The Morgan fingerprint density at radius 1 is 1.20 bits per heavy atom. The highest BCUT2D eigenvalue weighted by molar-refractivity contribution is 6.30. The topological polar surface area (TPSA) is 102 Å². The van der Waals surface area contributed by atoms with Crippen molar-refractivity contribution in [1.82, 2.24) is 4.57 Å². The first-order chi connectivity index (χ1) is 14.5. The zero-order chi connectivity index (χ0) is 21.3. The molecule has 0 aliphatic carbocycles. The van der Waals surface area contributed by atoms with Crippen LogP contribution in [0.4, 0.5) is 5.69 Å². The van der Waals surface area contributed by atoms with E-state index in [0.29, 0.717) is 22.2 Å². The third-order valence-electron chi connectivity index (χ3n) is 4.51. The van der Waals surface area contributed by atoms with Crippen molar-refractivity contribution in [3.8, 4) is 17.4 Å². The van der Waals surface area contributed by atoms with Crippen LogP contribution in [-0.2, 0) is 0 Å². The average Bonchev–Trinajstić information content (AvgIpc) is 3.36. The van der Waals surface area contributed by atoms with Crippen molar-refractivity contribution in [2.75, 3.05) is 0 Å².